The minimum absolute atomic E-state index is 0.341. The highest BCUT2D eigenvalue weighted by Gasteiger charge is 2.25. The quantitative estimate of drug-likeness (QED) is 0.821. The number of rotatable bonds is 4. The van der Waals surface area contributed by atoms with Crippen LogP contribution < -0.4 is 5.32 Å². The van der Waals surface area contributed by atoms with Crippen LogP contribution in [0.25, 0.3) is 0 Å². The van der Waals surface area contributed by atoms with E-state index in [1.54, 1.807) is 6.07 Å². The Labute approximate surface area is 145 Å². The van der Waals surface area contributed by atoms with Crippen LogP contribution in [0.2, 0.25) is 5.02 Å². The summed E-state index contributed by atoms with van der Waals surface area (Å²) < 4.78 is 13.1. The van der Waals surface area contributed by atoms with Gasteiger partial charge in [-0.15, -0.1) is 11.3 Å². The smallest absolute Gasteiger partial charge is 0.187 e. The van der Waals surface area contributed by atoms with Gasteiger partial charge in [0.25, 0.3) is 0 Å². The number of benzene rings is 1. The van der Waals surface area contributed by atoms with Crippen molar-refractivity contribution in [2.45, 2.75) is 32.7 Å². The summed E-state index contributed by atoms with van der Waals surface area (Å²) in [5.41, 5.74) is 1.46. The first-order valence-electron chi connectivity index (χ1n) is 7.74. The van der Waals surface area contributed by atoms with E-state index in [1.807, 2.05) is 5.38 Å². The topological polar surface area (TPSA) is 28.2 Å². The zero-order valence-corrected chi connectivity index (χ0v) is 14.7. The predicted molar refractivity (Wildman–Crippen MR) is 93.7 cm³/mol. The van der Waals surface area contributed by atoms with Crippen molar-refractivity contribution in [3.8, 4) is 0 Å². The van der Waals surface area contributed by atoms with Crippen LogP contribution in [0.1, 0.15) is 32.4 Å². The highest BCUT2D eigenvalue weighted by Crippen LogP contribution is 2.30. The van der Waals surface area contributed by atoms with Crippen molar-refractivity contribution in [2.75, 3.05) is 11.9 Å². The lowest BCUT2D eigenvalue weighted by molar-refractivity contribution is 0.151. The van der Waals surface area contributed by atoms with Crippen molar-refractivity contribution in [3.05, 3.63) is 46.7 Å². The molecule has 1 aromatic heterocycles. The van der Waals surface area contributed by atoms with E-state index in [1.165, 1.54) is 36.3 Å². The first kappa shape index (κ1) is 16.7. The minimum atomic E-state index is -0.352. The molecular formula is C17H19ClFN3S. The fraction of sp³-hybridized carbons (Fsp3) is 0.412. The second kappa shape index (κ2) is 7.16. The number of hydrogen-bond donors (Lipinski definition) is 1. The number of piperidine rings is 1. The summed E-state index contributed by atoms with van der Waals surface area (Å²) in [5, 5.41) is 6.15. The number of likely N-dealkylation sites (tertiary alicyclic amines) is 1. The van der Waals surface area contributed by atoms with Crippen LogP contribution in [0.4, 0.5) is 15.2 Å². The second-order valence-electron chi connectivity index (χ2n) is 5.95. The van der Waals surface area contributed by atoms with E-state index >= 15 is 0 Å². The Morgan fingerprint density at radius 1 is 1.43 bits per heavy atom. The van der Waals surface area contributed by atoms with Crippen LogP contribution in [0.5, 0.6) is 0 Å². The monoisotopic (exact) mass is 351 g/mol. The maximum absolute atomic E-state index is 13.1. The number of nitrogens with zero attached hydrogens (tertiary/aromatic N) is 2. The van der Waals surface area contributed by atoms with Crippen molar-refractivity contribution < 1.29 is 4.39 Å². The van der Waals surface area contributed by atoms with Gasteiger partial charge < -0.3 is 5.32 Å². The van der Waals surface area contributed by atoms with Gasteiger partial charge in [-0.25, -0.2) is 9.37 Å². The molecule has 1 aromatic carbocycles. The zero-order chi connectivity index (χ0) is 16.4. The average molecular weight is 352 g/mol. The summed E-state index contributed by atoms with van der Waals surface area (Å²) in [7, 11) is 0. The van der Waals surface area contributed by atoms with Crippen LogP contribution in [0.15, 0.2) is 23.6 Å². The Morgan fingerprint density at radius 2 is 2.26 bits per heavy atom. The van der Waals surface area contributed by atoms with E-state index < -0.39 is 0 Å². The number of aromatic nitrogens is 1. The average Bonchev–Trinajstić information content (AvgIpc) is 2.94. The molecule has 2 atom stereocenters. The van der Waals surface area contributed by atoms with E-state index in [-0.39, 0.29) is 5.82 Å². The molecule has 0 amide bonds. The largest absolute Gasteiger partial charge is 0.330 e. The first-order chi connectivity index (χ1) is 11.0. The molecule has 2 unspecified atom stereocenters. The third-order valence-corrected chi connectivity index (χ3v) is 5.38. The standard InChI is InChI=1S/C17H19ClFN3S/c1-11-4-3-7-22(12(11)2)9-14-10-23-17(20-14)21-16-6-5-13(19)8-15(16)18/h5-6,8,10-12H,3-4,7H2,1-2H3,(H,20,21). The third-order valence-electron chi connectivity index (χ3n) is 4.31. The SMILES string of the molecule is CC1CCCN([C]c2csc(Nc3ccc(F)cc3Cl)n2)C1C. The van der Waals surface area contributed by atoms with Gasteiger partial charge >= 0.3 is 0 Å². The normalized spacial score (nSPS) is 22.3. The Morgan fingerprint density at radius 3 is 3.04 bits per heavy atom. The van der Waals surface area contributed by atoms with Crippen LogP contribution in [0, 0.1) is 18.3 Å². The van der Waals surface area contributed by atoms with Gasteiger partial charge in [0.1, 0.15) is 12.4 Å². The fourth-order valence-corrected chi connectivity index (χ4v) is 3.59. The summed E-state index contributed by atoms with van der Waals surface area (Å²) >= 11 is 7.51. The van der Waals surface area contributed by atoms with Crippen LogP contribution >= 0.6 is 22.9 Å². The molecule has 1 aliphatic rings. The Hall–Kier alpha value is -1.17. The maximum Gasteiger partial charge on any atom is 0.187 e. The van der Waals surface area contributed by atoms with E-state index in [9.17, 15) is 4.39 Å². The van der Waals surface area contributed by atoms with Gasteiger partial charge in [0, 0.05) is 11.4 Å². The maximum atomic E-state index is 13.1. The molecule has 2 radical (unpaired) electrons. The number of nitrogens with one attached hydrogen (secondary N) is 1. The van der Waals surface area contributed by atoms with E-state index in [4.69, 9.17) is 11.6 Å². The van der Waals surface area contributed by atoms with Crippen LogP contribution in [-0.4, -0.2) is 22.5 Å². The molecule has 0 saturated carbocycles. The molecule has 2 aromatic rings. The number of anilines is 2. The van der Waals surface area contributed by atoms with E-state index in [0.29, 0.717) is 22.7 Å². The van der Waals surface area contributed by atoms with Gasteiger partial charge in [-0.05, 0) is 50.4 Å². The number of thiazole rings is 1. The van der Waals surface area contributed by atoms with Crippen molar-refractivity contribution >= 4 is 33.8 Å². The summed E-state index contributed by atoms with van der Waals surface area (Å²) in [6.07, 6.45) is 2.46. The van der Waals surface area contributed by atoms with Gasteiger partial charge in [0.05, 0.1) is 16.4 Å². The van der Waals surface area contributed by atoms with Crippen LogP contribution in [0.3, 0.4) is 0 Å². The molecule has 0 bridgehead atoms. The molecule has 1 aliphatic heterocycles. The van der Waals surface area contributed by atoms with E-state index in [0.717, 1.165) is 17.4 Å². The lowest BCUT2D eigenvalue weighted by Crippen LogP contribution is -2.40. The predicted octanol–water partition coefficient (Wildman–Crippen LogP) is 5.19. The molecule has 3 rings (SSSR count). The second-order valence-corrected chi connectivity index (χ2v) is 7.22. The highest BCUT2D eigenvalue weighted by molar-refractivity contribution is 7.13. The molecular weight excluding hydrogens is 333 g/mol. The van der Waals surface area contributed by atoms with Gasteiger partial charge in [0.2, 0.25) is 0 Å². The molecule has 23 heavy (non-hydrogen) atoms. The van der Waals surface area contributed by atoms with Crippen molar-refractivity contribution in [1.29, 1.82) is 0 Å². The molecule has 122 valence electrons. The van der Waals surface area contributed by atoms with Crippen molar-refractivity contribution in [3.63, 3.8) is 0 Å². The summed E-state index contributed by atoms with van der Waals surface area (Å²) in [5.74, 6) is 0.320. The lowest BCUT2D eigenvalue weighted by Gasteiger charge is -2.36. The molecule has 0 spiro atoms. The van der Waals surface area contributed by atoms with E-state index in [2.05, 4.69) is 35.6 Å². The summed E-state index contributed by atoms with van der Waals surface area (Å²) in [6.45, 7) is 8.93. The van der Waals surface area contributed by atoms with Gasteiger partial charge in [0.15, 0.2) is 5.13 Å². The molecule has 1 saturated heterocycles. The first-order valence-corrected chi connectivity index (χ1v) is 8.99. The summed E-state index contributed by atoms with van der Waals surface area (Å²) in [4.78, 5) is 6.77. The molecule has 1 fully saturated rings. The van der Waals surface area contributed by atoms with Crippen LogP contribution in [-0.2, 0) is 0 Å². The van der Waals surface area contributed by atoms with Gasteiger partial charge in [-0.3, -0.25) is 4.90 Å². The minimum Gasteiger partial charge on any atom is -0.330 e. The lowest BCUT2D eigenvalue weighted by atomic mass is 9.92. The molecule has 2 heterocycles. The molecule has 3 nitrogen and oxygen atoms in total. The van der Waals surface area contributed by atoms with Gasteiger partial charge in [-0.2, -0.15) is 0 Å². The van der Waals surface area contributed by atoms with Crippen molar-refractivity contribution in [2.24, 2.45) is 5.92 Å². The zero-order valence-electron chi connectivity index (χ0n) is 13.1. The number of halogens is 2. The Kier molecular flexibility index (Phi) is 5.19. The third kappa shape index (κ3) is 4.03. The fourth-order valence-electron chi connectivity index (χ4n) is 2.73. The molecule has 1 N–H and O–H groups in total. The summed E-state index contributed by atoms with van der Waals surface area (Å²) in [6, 6.07) is 4.75. The van der Waals surface area contributed by atoms with Crippen molar-refractivity contribution in [1.82, 2.24) is 9.88 Å². The highest BCUT2D eigenvalue weighted by atomic mass is 35.5. The Bertz CT molecular complexity index is 676. The molecule has 0 aliphatic carbocycles. The Balaban J connectivity index is 1.66. The number of hydrogen-bond acceptors (Lipinski definition) is 4. The molecule has 6 heteroatoms. The van der Waals surface area contributed by atoms with Gasteiger partial charge in [-0.1, -0.05) is 18.5 Å².